The van der Waals surface area contributed by atoms with Crippen molar-refractivity contribution in [3.05, 3.63) is 16.1 Å². The minimum Gasteiger partial charge on any atom is -0.392 e. The third-order valence-corrected chi connectivity index (χ3v) is 5.06. The van der Waals surface area contributed by atoms with Crippen LogP contribution < -0.4 is 5.32 Å². The molecule has 1 amide bonds. The topological polar surface area (TPSA) is 65.5 Å². The van der Waals surface area contributed by atoms with Gasteiger partial charge in [-0.3, -0.25) is 9.69 Å². The number of aliphatic hydroxyl groups is 1. The predicted octanol–water partition coefficient (Wildman–Crippen LogP) is 1.12. The molecule has 0 radical (unpaired) electrons. The summed E-state index contributed by atoms with van der Waals surface area (Å²) >= 11 is 3.45. The lowest BCUT2D eigenvalue weighted by molar-refractivity contribution is -0.122. The zero-order chi connectivity index (χ0) is 15.1. The number of hydrogen-bond donors (Lipinski definition) is 2. The van der Waals surface area contributed by atoms with Gasteiger partial charge in [-0.25, -0.2) is 4.98 Å². The van der Waals surface area contributed by atoms with Gasteiger partial charge in [-0.2, -0.15) is 11.8 Å². The highest BCUT2D eigenvalue weighted by Gasteiger charge is 2.19. The second-order valence-electron chi connectivity index (χ2n) is 5.30. The van der Waals surface area contributed by atoms with Crippen molar-refractivity contribution in [1.29, 1.82) is 0 Å². The van der Waals surface area contributed by atoms with Gasteiger partial charge in [0.1, 0.15) is 5.01 Å². The van der Waals surface area contributed by atoms with Crippen LogP contribution in [0.4, 0.5) is 0 Å². The fourth-order valence-corrected chi connectivity index (χ4v) is 3.97. The van der Waals surface area contributed by atoms with E-state index in [9.17, 15) is 9.90 Å². The van der Waals surface area contributed by atoms with Crippen molar-refractivity contribution in [2.45, 2.75) is 31.1 Å². The van der Waals surface area contributed by atoms with Gasteiger partial charge in [-0.1, -0.05) is 0 Å². The Balaban J connectivity index is 1.64. The highest BCUT2D eigenvalue weighted by molar-refractivity contribution is 7.97. The smallest absolute Gasteiger partial charge is 0.234 e. The summed E-state index contributed by atoms with van der Waals surface area (Å²) in [6, 6.07) is 0. The normalized spacial score (nSPS) is 19.6. The zero-order valence-corrected chi connectivity index (χ0v) is 14.0. The molecule has 2 N–H and O–H groups in total. The molecule has 1 fully saturated rings. The van der Waals surface area contributed by atoms with E-state index in [1.807, 2.05) is 4.90 Å². The standard InChI is InChI=1S/C14H23N3O2S2/c1-20-10-14-16-11(9-21-14)4-5-15-13(19)8-17-6-2-3-12(18)7-17/h9,12,18H,2-8,10H2,1H3,(H,15,19)/t12-/m0/s1. The Morgan fingerprint density at radius 3 is 3.29 bits per heavy atom. The van der Waals surface area contributed by atoms with Gasteiger partial charge in [-0.05, 0) is 25.6 Å². The second kappa shape index (κ2) is 8.73. The van der Waals surface area contributed by atoms with Crippen molar-refractivity contribution in [3.8, 4) is 0 Å². The predicted molar refractivity (Wildman–Crippen MR) is 87.7 cm³/mol. The molecule has 2 heterocycles. The number of hydrogen-bond acceptors (Lipinski definition) is 6. The van der Waals surface area contributed by atoms with E-state index >= 15 is 0 Å². The number of β-amino-alcohol motifs (C(OH)–C–C–N with tert-alkyl or cyclic N) is 1. The van der Waals surface area contributed by atoms with Crippen molar-refractivity contribution in [3.63, 3.8) is 0 Å². The molecule has 1 aromatic rings. The quantitative estimate of drug-likeness (QED) is 0.785. The van der Waals surface area contributed by atoms with Crippen LogP contribution in [-0.4, -0.2) is 59.4 Å². The minimum atomic E-state index is -0.281. The van der Waals surface area contributed by atoms with Gasteiger partial charge in [0.05, 0.1) is 18.3 Å². The second-order valence-corrected chi connectivity index (χ2v) is 7.11. The van der Waals surface area contributed by atoms with E-state index < -0.39 is 0 Å². The van der Waals surface area contributed by atoms with Crippen LogP contribution in [0.1, 0.15) is 23.5 Å². The molecular formula is C14H23N3O2S2. The molecule has 2 rings (SSSR count). The van der Waals surface area contributed by atoms with E-state index in [2.05, 4.69) is 21.9 Å². The number of aliphatic hydroxyl groups excluding tert-OH is 1. The number of piperidine rings is 1. The number of amides is 1. The molecule has 0 aliphatic carbocycles. The average Bonchev–Trinajstić information content (AvgIpc) is 2.87. The molecule has 7 heteroatoms. The maximum atomic E-state index is 11.9. The van der Waals surface area contributed by atoms with Crippen LogP contribution >= 0.6 is 23.1 Å². The summed E-state index contributed by atoms with van der Waals surface area (Å²) in [4.78, 5) is 18.4. The molecule has 0 aromatic carbocycles. The van der Waals surface area contributed by atoms with Gasteiger partial charge in [0.2, 0.25) is 5.91 Å². The van der Waals surface area contributed by atoms with E-state index in [4.69, 9.17) is 0 Å². The van der Waals surface area contributed by atoms with Crippen LogP contribution in [0.2, 0.25) is 0 Å². The van der Waals surface area contributed by atoms with Gasteiger partial charge in [0.25, 0.3) is 0 Å². The number of likely N-dealkylation sites (tertiary alicyclic amines) is 1. The zero-order valence-electron chi connectivity index (χ0n) is 12.4. The number of nitrogens with zero attached hydrogens (tertiary/aromatic N) is 2. The number of carbonyl (C=O) groups is 1. The van der Waals surface area contributed by atoms with E-state index in [0.29, 0.717) is 19.6 Å². The van der Waals surface area contributed by atoms with Crippen LogP contribution in [0.5, 0.6) is 0 Å². The first-order valence-electron chi connectivity index (χ1n) is 7.26. The van der Waals surface area contributed by atoms with E-state index in [0.717, 1.165) is 42.3 Å². The Labute approximate surface area is 134 Å². The lowest BCUT2D eigenvalue weighted by atomic mass is 10.1. The molecule has 5 nitrogen and oxygen atoms in total. The number of aromatic nitrogens is 1. The van der Waals surface area contributed by atoms with E-state index in [1.165, 1.54) is 0 Å². The molecule has 0 bridgehead atoms. The Hall–Kier alpha value is -0.630. The lowest BCUT2D eigenvalue weighted by Crippen LogP contribution is -2.44. The molecule has 1 aliphatic rings. The van der Waals surface area contributed by atoms with Crippen molar-refractivity contribution in [2.75, 3.05) is 32.4 Å². The summed E-state index contributed by atoms with van der Waals surface area (Å²) < 4.78 is 0. The molecule has 0 saturated carbocycles. The van der Waals surface area contributed by atoms with Crippen molar-refractivity contribution in [1.82, 2.24) is 15.2 Å². The highest BCUT2D eigenvalue weighted by Crippen LogP contribution is 2.15. The fourth-order valence-electron chi connectivity index (χ4n) is 2.42. The average molecular weight is 329 g/mol. The summed E-state index contributed by atoms with van der Waals surface area (Å²) in [7, 11) is 0. The van der Waals surface area contributed by atoms with Gasteiger partial charge in [0.15, 0.2) is 0 Å². The highest BCUT2D eigenvalue weighted by atomic mass is 32.2. The molecule has 21 heavy (non-hydrogen) atoms. The molecule has 1 aliphatic heterocycles. The van der Waals surface area contributed by atoms with Gasteiger partial charge < -0.3 is 10.4 Å². The van der Waals surface area contributed by atoms with Gasteiger partial charge in [0, 0.05) is 30.6 Å². The van der Waals surface area contributed by atoms with E-state index in [1.54, 1.807) is 23.1 Å². The molecule has 1 saturated heterocycles. The fraction of sp³-hybridized carbons (Fsp3) is 0.714. The first-order chi connectivity index (χ1) is 10.2. The summed E-state index contributed by atoms with van der Waals surface area (Å²) in [6.07, 6.45) is 4.38. The number of thioether (sulfide) groups is 1. The van der Waals surface area contributed by atoms with Crippen LogP contribution in [0.15, 0.2) is 5.38 Å². The first-order valence-corrected chi connectivity index (χ1v) is 9.54. The lowest BCUT2D eigenvalue weighted by Gasteiger charge is -2.29. The Morgan fingerprint density at radius 2 is 2.52 bits per heavy atom. The van der Waals surface area contributed by atoms with Crippen LogP contribution in [-0.2, 0) is 17.0 Å². The van der Waals surface area contributed by atoms with Crippen LogP contribution in [0, 0.1) is 0 Å². The Bertz CT molecular complexity index is 453. The molecule has 1 aromatic heterocycles. The summed E-state index contributed by atoms with van der Waals surface area (Å²) in [5.74, 6) is 0.984. The number of thiazole rings is 1. The monoisotopic (exact) mass is 329 g/mol. The number of carbonyl (C=O) groups excluding carboxylic acids is 1. The molecular weight excluding hydrogens is 306 g/mol. The van der Waals surface area contributed by atoms with Crippen molar-refractivity contribution < 1.29 is 9.90 Å². The van der Waals surface area contributed by atoms with Crippen molar-refractivity contribution >= 4 is 29.0 Å². The molecule has 1 atom stereocenters. The van der Waals surface area contributed by atoms with Gasteiger partial charge >= 0.3 is 0 Å². The summed E-state index contributed by atoms with van der Waals surface area (Å²) in [5, 5.41) is 15.7. The first kappa shape index (κ1) is 16.7. The molecule has 0 spiro atoms. The SMILES string of the molecule is CSCc1nc(CCNC(=O)CN2CCC[C@H](O)C2)cs1. The Morgan fingerprint density at radius 1 is 1.67 bits per heavy atom. The van der Waals surface area contributed by atoms with Crippen molar-refractivity contribution in [2.24, 2.45) is 0 Å². The van der Waals surface area contributed by atoms with Crippen LogP contribution in [0.25, 0.3) is 0 Å². The third-order valence-electron chi connectivity index (χ3n) is 3.42. The number of nitrogens with one attached hydrogen (secondary N) is 1. The number of rotatable bonds is 7. The summed E-state index contributed by atoms with van der Waals surface area (Å²) in [6.45, 7) is 2.51. The van der Waals surface area contributed by atoms with E-state index in [-0.39, 0.29) is 12.0 Å². The third kappa shape index (κ3) is 5.94. The minimum absolute atomic E-state index is 0.0312. The van der Waals surface area contributed by atoms with Gasteiger partial charge in [-0.15, -0.1) is 11.3 Å². The maximum Gasteiger partial charge on any atom is 0.234 e. The summed E-state index contributed by atoms with van der Waals surface area (Å²) in [5.41, 5.74) is 1.05. The Kier molecular flexibility index (Phi) is 6.95. The largest absolute Gasteiger partial charge is 0.392 e. The molecule has 0 unspecified atom stereocenters. The van der Waals surface area contributed by atoms with Crippen LogP contribution in [0.3, 0.4) is 0 Å². The molecule has 118 valence electrons. The maximum absolute atomic E-state index is 11.9.